The minimum atomic E-state index is -0.205. The fourth-order valence-electron chi connectivity index (χ4n) is 3.74. The molecular weight excluding hydrogens is 390 g/mol. The van der Waals surface area contributed by atoms with Crippen molar-refractivity contribution >= 4 is 28.5 Å². The molecule has 0 amide bonds. The third kappa shape index (κ3) is 3.00. The Morgan fingerprint density at radius 1 is 1.24 bits per heavy atom. The highest BCUT2D eigenvalue weighted by atomic mass is 35.5. The molecule has 4 rings (SSSR count). The number of ether oxygens (including phenoxy) is 1. The molecule has 0 saturated heterocycles. The molecule has 1 aromatic carbocycles. The molecule has 9 heteroatoms. The van der Waals surface area contributed by atoms with Crippen LogP contribution >= 0.6 is 11.6 Å². The van der Waals surface area contributed by atoms with E-state index in [1.54, 1.807) is 18.0 Å². The van der Waals surface area contributed by atoms with Crippen molar-refractivity contribution in [3.05, 3.63) is 46.6 Å². The average Bonchev–Trinajstić information content (AvgIpc) is 3.27. The van der Waals surface area contributed by atoms with Gasteiger partial charge in [0.25, 0.3) is 0 Å². The third-order valence-electron chi connectivity index (χ3n) is 5.21. The zero-order valence-electron chi connectivity index (χ0n) is 16.9. The third-order valence-corrected chi connectivity index (χ3v) is 5.61. The predicted molar refractivity (Wildman–Crippen MR) is 113 cm³/mol. The maximum Gasteiger partial charge on any atom is 0.164 e. The maximum absolute atomic E-state index is 6.63. The number of aromatic nitrogens is 6. The van der Waals surface area contributed by atoms with Gasteiger partial charge in [-0.25, -0.2) is 14.6 Å². The molecule has 0 spiro atoms. The topological polar surface area (TPSA) is 96.7 Å². The van der Waals surface area contributed by atoms with Crippen molar-refractivity contribution in [2.24, 2.45) is 7.05 Å². The van der Waals surface area contributed by atoms with Crippen LogP contribution in [0.3, 0.4) is 0 Å². The van der Waals surface area contributed by atoms with Crippen LogP contribution in [0.15, 0.2) is 24.8 Å². The van der Waals surface area contributed by atoms with Crippen LogP contribution in [0.2, 0.25) is 5.02 Å². The Labute approximate surface area is 173 Å². The molecule has 29 heavy (non-hydrogen) atoms. The van der Waals surface area contributed by atoms with Crippen molar-refractivity contribution < 1.29 is 4.74 Å². The lowest BCUT2D eigenvalue weighted by Gasteiger charge is -2.21. The maximum atomic E-state index is 6.63. The second-order valence-electron chi connectivity index (χ2n) is 7.05. The van der Waals surface area contributed by atoms with Gasteiger partial charge in [-0.2, -0.15) is 10.2 Å². The molecule has 2 N–H and O–H groups in total. The number of fused-ring (bicyclic) bond motifs is 1. The highest BCUT2D eigenvalue weighted by molar-refractivity contribution is 6.32. The van der Waals surface area contributed by atoms with Crippen LogP contribution in [0.5, 0.6) is 5.75 Å². The van der Waals surface area contributed by atoms with Gasteiger partial charge in [-0.05, 0) is 32.4 Å². The van der Waals surface area contributed by atoms with Crippen LogP contribution in [0, 0.1) is 13.8 Å². The van der Waals surface area contributed by atoms with Crippen molar-refractivity contribution in [3.8, 4) is 16.9 Å². The quantitative estimate of drug-likeness (QED) is 0.550. The Morgan fingerprint density at radius 3 is 2.66 bits per heavy atom. The highest BCUT2D eigenvalue weighted by Gasteiger charge is 2.25. The van der Waals surface area contributed by atoms with Crippen molar-refractivity contribution in [3.63, 3.8) is 0 Å². The number of halogens is 1. The number of hydrogen-bond acceptors (Lipinski definition) is 6. The lowest BCUT2D eigenvalue weighted by Crippen LogP contribution is -2.12. The van der Waals surface area contributed by atoms with Crippen LogP contribution in [0.4, 0.5) is 5.82 Å². The van der Waals surface area contributed by atoms with Crippen molar-refractivity contribution in [1.82, 2.24) is 29.5 Å². The van der Waals surface area contributed by atoms with Gasteiger partial charge in [0.15, 0.2) is 5.65 Å². The first-order chi connectivity index (χ1) is 13.8. The monoisotopic (exact) mass is 411 g/mol. The van der Waals surface area contributed by atoms with Gasteiger partial charge >= 0.3 is 0 Å². The number of hydrogen-bond donors (Lipinski definition) is 1. The van der Waals surface area contributed by atoms with Crippen LogP contribution in [-0.2, 0) is 7.05 Å². The number of methoxy groups -OCH3 is 1. The summed E-state index contributed by atoms with van der Waals surface area (Å²) in [5.41, 5.74) is 11.2. The van der Waals surface area contributed by atoms with Crippen LogP contribution in [0.1, 0.15) is 29.8 Å². The van der Waals surface area contributed by atoms with Gasteiger partial charge in [0.2, 0.25) is 0 Å². The summed E-state index contributed by atoms with van der Waals surface area (Å²) < 4.78 is 9.45. The molecule has 3 aromatic heterocycles. The van der Waals surface area contributed by atoms with Gasteiger partial charge in [0.1, 0.15) is 17.9 Å². The van der Waals surface area contributed by atoms with Crippen molar-refractivity contribution in [2.45, 2.75) is 26.8 Å². The normalized spacial score (nSPS) is 12.5. The molecule has 3 heterocycles. The first-order valence-electron chi connectivity index (χ1n) is 9.14. The molecule has 0 fully saturated rings. The Morgan fingerprint density at radius 2 is 2.00 bits per heavy atom. The molecular formula is C20H22ClN7O. The molecule has 0 aliphatic heterocycles. The summed E-state index contributed by atoms with van der Waals surface area (Å²) >= 11 is 6.63. The average molecular weight is 412 g/mol. The molecule has 0 aliphatic carbocycles. The molecule has 8 nitrogen and oxygen atoms in total. The minimum Gasteiger partial charge on any atom is -0.496 e. The van der Waals surface area contributed by atoms with E-state index in [1.165, 1.54) is 6.33 Å². The summed E-state index contributed by atoms with van der Waals surface area (Å²) in [4.78, 5) is 8.50. The molecule has 0 saturated carbocycles. The Bertz CT molecular complexity index is 1230. The standard InChI is InChI=1S/C20H22ClN7O/c1-10-15(21)6-14(18(29-5)16(10)13-7-25-27(4)8-13)12(3)28-20-17(11(2)26-28)19(22)23-9-24-20/h6-9,12H,1-5H3,(H2,22,23,24). The summed E-state index contributed by atoms with van der Waals surface area (Å²) in [7, 11) is 3.54. The zero-order chi connectivity index (χ0) is 20.9. The van der Waals surface area contributed by atoms with Crippen LogP contribution < -0.4 is 10.5 Å². The van der Waals surface area contributed by atoms with E-state index in [4.69, 9.17) is 22.1 Å². The second-order valence-corrected chi connectivity index (χ2v) is 7.45. The Hall–Kier alpha value is -3.13. The van der Waals surface area contributed by atoms with E-state index in [9.17, 15) is 0 Å². The van der Waals surface area contributed by atoms with Gasteiger partial charge in [0.05, 0.1) is 30.4 Å². The number of nitrogens with two attached hydrogens (primary N) is 1. The summed E-state index contributed by atoms with van der Waals surface area (Å²) in [6.07, 6.45) is 5.19. The number of nitrogens with zero attached hydrogens (tertiary/aromatic N) is 6. The first kappa shape index (κ1) is 19.2. The van der Waals surface area contributed by atoms with Crippen molar-refractivity contribution in [2.75, 3.05) is 12.8 Å². The number of nitrogen functional groups attached to an aromatic ring is 1. The smallest absolute Gasteiger partial charge is 0.164 e. The largest absolute Gasteiger partial charge is 0.496 e. The van der Waals surface area contributed by atoms with E-state index >= 15 is 0 Å². The number of benzene rings is 1. The second kappa shape index (κ2) is 7.04. The van der Waals surface area contributed by atoms with Gasteiger partial charge in [-0.15, -0.1) is 0 Å². The van der Waals surface area contributed by atoms with E-state index in [0.717, 1.165) is 39.1 Å². The molecule has 150 valence electrons. The summed E-state index contributed by atoms with van der Waals surface area (Å²) in [6, 6.07) is 1.72. The minimum absolute atomic E-state index is 0.205. The van der Waals surface area contributed by atoms with E-state index in [0.29, 0.717) is 16.5 Å². The lowest BCUT2D eigenvalue weighted by molar-refractivity contribution is 0.402. The SMILES string of the molecule is COc1c(C(C)n2nc(C)c3c(N)ncnc32)cc(Cl)c(C)c1-c1cnn(C)c1. The molecule has 4 aromatic rings. The molecule has 0 radical (unpaired) electrons. The van der Waals surface area contributed by atoms with E-state index in [2.05, 4.69) is 20.2 Å². The van der Waals surface area contributed by atoms with E-state index in [1.807, 2.05) is 44.8 Å². The summed E-state index contributed by atoms with van der Waals surface area (Å²) in [5.74, 6) is 1.15. The lowest BCUT2D eigenvalue weighted by atomic mass is 9.95. The van der Waals surface area contributed by atoms with Gasteiger partial charge in [0, 0.05) is 35.0 Å². The number of anilines is 1. The van der Waals surface area contributed by atoms with Gasteiger partial charge < -0.3 is 10.5 Å². The first-order valence-corrected chi connectivity index (χ1v) is 9.52. The summed E-state index contributed by atoms with van der Waals surface area (Å²) in [6.45, 7) is 5.90. The van der Waals surface area contributed by atoms with E-state index < -0.39 is 0 Å². The van der Waals surface area contributed by atoms with Crippen LogP contribution in [-0.4, -0.2) is 36.6 Å². The highest BCUT2D eigenvalue weighted by Crippen LogP contribution is 2.43. The van der Waals surface area contributed by atoms with Gasteiger partial charge in [-0.3, -0.25) is 4.68 Å². The number of rotatable bonds is 4. The molecule has 1 unspecified atom stereocenters. The van der Waals surface area contributed by atoms with Crippen molar-refractivity contribution in [1.29, 1.82) is 0 Å². The molecule has 1 atom stereocenters. The number of aryl methyl sites for hydroxylation is 2. The molecule has 0 aliphatic rings. The van der Waals surface area contributed by atoms with E-state index in [-0.39, 0.29) is 6.04 Å². The summed E-state index contributed by atoms with van der Waals surface area (Å²) in [5, 5.41) is 10.4. The molecule has 0 bridgehead atoms. The fraction of sp³-hybridized carbons (Fsp3) is 0.300. The van der Waals surface area contributed by atoms with Gasteiger partial charge in [-0.1, -0.05) is 11.6 Å². The Balaban J connectivity index is 1.96. The Kier molecular flexibility index (Phi) is 4.66. The predicted octanol–water partition coefficient (Wildman–Crippen LogP) is 3.70. The fourth-order valence-corrected chi connectivity index (χ4v) is 3.96. The zero-order valence-corrected chi connectivity index (χ0v) is 17.7. The van der Waals surface area contributed by atoms with Crippen LogP contribution in [0.25, 0.3) is 22.2 Å².